The van der Waals surface area contributed by atoms with E-state index >= 15 is 0 Å². The van der Waals surface area contributed by atoms with E-state index in [1.54, 1.807) is 0 Å². The minimum absolute atomic E-state index is 0.462. The highest BCUT2D eigenvalue weighted by Gasteiger charge is 2.25. The molecule has 0 aliphatic heterocycles. The lowest BCUT2D eigenvalue weighted by Gasteiger charge is -2.27. The van der Waals surface area contributed by atoms with Gasteiger partial charge in [0.2, 0.25) is 0 Å². The maximum Gasteiger partial charge on any atom is 0.328 e. The standard InChI is InChI=1S/C13H24N2O4/c1-8-4-3-5-10(6-8)7-14-13(19)15-11(9(2)16)12(17)18/h8-11,16H,3-7H2,1-2H3,(H,17,18)(H2,14,15,19). The summed E-state index contributed by atoms with van der Waals surface area (Å²) in [6.45, 7) is 4.10. The summed E-state index contributed by atoms with van der Waals surface area (Å²) in [5.74, 6) is -0.0893. The zero-order valence-corrected chi connectivity index (χ0v) is 11.6. The average Bonchev–Trinajstić information content (AvgIpc) is 2.32. The van der Waals surface area contributed by atoms with Gasteiger partial charge < -0.3 is 20.8 Å². The number of aliphatic carboxylic acids is 1. The van der Waals surface area contributed by atoms with Crippen molar-refractivity contribution in [3.05, 3.63) is 0 Å². The van der Waals surface area contributed by atoms with Gasteiger partial charge in [-0.2, -0.15) is 0 Å². The first-order chi connectivity index (χ1) is 8.90. The summed E-state index contributed by atoms with van der Waals surface area (Å²) >= 11 is 0. The summed E-state index contributed by atoms with van der Waals surface area (Å²) in [5.41, 5.74) is 0. The lowest BCUT2D eigenvalue weighted by Crippen LogP contribution is -2.51. The van der Waals surface area contributed by atoms with E-state index in [2.05, 4.69) is 17.6 Å². The van der Waals surface area contributed by atoms with Crippen LogP contribution in [0.1, 0.15) is 39.5 Å². The summed E-state index contributed by atoms with van der Waals surface area (Å²) in [6.07, 6.45) is 3.49. The third-order valence-electron chi connectivity index (χ3n) is 3.63. The summed E-state index contributed by atoms with van der Waals surface area (Å²) < 4.78 is 0. The van der Waals surface area contributed by atoms with E-state index in [1.165, 1.54) is 19.8 Å². The lowest BCUT2D eigenvalue weighted by atomic mass is 9.82. The number of nitrogens with one attached hydrogen (secondary N) is 2. The van der Waals surface area contributed by atoms with Gasteiger partial charge in [0.1, 0.15) is 0 Å². The van der Waals surface area contributed by atoms with Crippen molar-refractivity contribution in [1.82, 2.24) is 10.6 Å². The van der Waals surface area contributed by atoms with Gasteiger partial charge in [-0.25, -0.2) is 9.59 Å². The molecule has 6 heteroatoms. The summed E-state index contributed by atoms with van der Waals surface area (Å²) in [7, 11) is 0. The molecule has 1 fully saturated rings. The Kier molecular flexibility index (Phi) is 6.08. The van der Waals surface area contributed by atoms with E-state index in [0.717, 1.165) is 12.8 Å². The molecule has 2 amide bonds. The van der Waals surface area contributed by atoms with Crippen LogP contribution < -0.4 is 10.6 Å². The smallest absolute Gasteiger partial charge is 0.328 e. The highest BCUT2D eigenvalue weighted by molar-refractivity contribution is 5.82. The molecule has 1 aliphatic rings. The fourth-order valence-corrected chi connectivity index (χ4v) is 2.56. The van der Waals surface area contributed by atoms with Gasteiger partial charge in [-0.05, 0) is 31.6 Å². The molecule has 0 radical (unpaired) electrons. The van der Waals surface area contributed by atoms with Crippen LogP contribution in [0.25, 0.3) is 0 Å². The van der Waals surface area contributed by atoms with Gasteiger partial charge in [0.25, 0.3) is 0 Å². The third kappa shape index (κ3) is 5.46. The topological polar surface area (TPSA) is 98.7 Å². The second-order valence-corrected chi connectivity index (χ2v) is 5.55. The first-order valence-corrected chi connectivity index (χ1v) is 6.85. The molecule has 1 aliphatic carbocycles. The van der Waals surface area contributed by atoms with Crippen molar-refractivity contribution in [2.24, 2.45) is 11.8 Å². The van der Waals surface area contributed by atoms with Crippen molar-refractivity contribution >= 4 is 12.0 Å². The zero-order valence-electron chi connectivity index (χ0n) is 11.6. The number of amides is 2. The van der Waals surface area contributed by atoms with Crippen molar-refractivity contribution in [3.8, 4) is 0 Å². The van der Waals surface area contributed by atoms with Gasteiger partial charge in [0, 0.05) is 6.54 Å². The number of rotatable bonds is 5. The number of aliphatic hydroxyl groups excluding tert-OH is 1. The molecular formula is C13H24N2O4. The number of carbonyl (C=O) groups excluding carboxylic acids is 1. The molecule has 0 spiro atoms. The number of urea groups is 1. The van der Waals surface area contributed by atoms with Crippen molar-refractivity contribution < 1.29 is 19.8 Å². The minimum Gasteiger partial charge on any atom is -0.480 e. The summed E-state index contributed by atoms with van der Waals surface area (Å²) in [6, 6.07) is -1.81. The van der Waals surface area contributed by atoms with Crippen LogP contribution in [0.5, 0.6) is 0 Å². The molecule has 4 N–H and O–H groups in total. The second-order valence-electron chi connectivity index (χ2n) is 5.55. The van der Waals surface area contributed by atoms with Crippen LogP contribution >= 0.6 is 0 Å². The summed E-state index contributed by atoms with van der Waals surface area (Å²) in [5, 5.41) is 23.1. The quantitative estimate of drug-likeness (QED) is 0.598. The Morgan fingerprint density at radius 2 is 2.05 bits per heavy atom. The third-order valence-corrected chi connectivity index (χ3v) is 3.63. The van der Waals surface area contributed by atoms with Gasteiger partial charge in [-0.3, -0.25) is 0 Å². The van der Waals surface area contributed by atoms with Gasteiger partial charge in [-0.15, -0.1) is 0 Å². The van der Waals surface area contributed by atoms with Crippen molar-refractivity contribution in [2.75, 3.05) is 6.54 Å². The SMILES string of the molecule is CC1CCCC(CNC(=O)NC(C(=O)O)C(C)O)C1. The molecule has 1 saturated carbocycles. The fraction of sp³-hybridized carbons (Fsp3) is 0.846. The first kappa shape index (κ1) is 15.8. The fourth-order valence-electron chi connectivity index (χ4n) is 2.56. The molecule has 0 aromatic rings. The minimum atomic E-state index is -1.27. The number of hydrogen-bond acceptors (Lipinski definition) is 3. The van der Waals surface area contributed by atoms with Crippen LogP contribution in [0.3, 0.4) is 0 Å². The lowest BCUT2D eigenvalue weighted by molar-refractivity contribution is -0.141. The molecule has 0 bridgehead atoms. The van der Waals surface area contributed by atoms with Crippen LogP contribution in [-0.4, -0.2) is 40.9 Å². The van der Waals surface area contributed by atoms with Crippen LogP contribution in [-0.2, 0) is 4.79 Å². The van der Waals surface area contributed by atoms with Gasteiger partial charge in [0.05, 0.1) is 6.10 Å². The van der Waals surface area contributed by atoms with Crippen molar-refractivity contribution in [2.45, 2.75) is 51.7 Å². The monoisotopic (exact) mass is 272 g/mol. The van der Waals surface area contributed by atoms with E-state index in [9.17, 15) is 14.7 Å². The Morgan fingerprint density at radius 3 is 2.58 bits per heavy atom. The molecular weight excluding hydrogens is 248 g/mol. The van der Waals surface area contributed by atoms with E-state index in [0.29, 0.717) is 18.4 Å². The van der Waals surface area contributed by atoms with E-state index in [4.69, 9.17) is 5.11 Å². The Morgan fingerprint density at radius 1 is 1.37 bits per heavy atom. The van der Waals surface area contributed by atoms with Crippen molar-refractivity contribution in [1.29, 1.82) is 0 Å². The second kappa shape index (κ2) is 7.33. The van der Waals surface area contributed by atoms with Crippen LogP contribution in [0.2, 0.25) is 0 Å². The first-order valence-electron chi connectivity index (χ1n) is 6.85. The van der Waals surface area contributed by atoms with Crippen LogP contribution in [0.4, 0.5) is 4.79 Å². The molecule has 6 nitrogen and oxygen atoms in total. The molecule has 19 heavy (non-hydrogen) atoms. The van der Waals surface area contributed by atoms with Crippen molar-refractivity contribution in [3.63, 3.8) is 0 Å². The maximum absolute atomic E-state index is 11.6. The molecule has 0 saturated heterocycles. The van der Waals surface area contributed by atoms with Crippen LogP contribution in [0, 0.1) is 11.8 Å². The molecule has 1 rings (SSSR count). The zero-order chi connectivity index (χ0) is 14.4. The predicted octanol–water partition coefficient (Wildman–Crippen LogP) is 0.946. The van der Waals surface area contributed by atoms with E-state index in [1.807, 2.05) is 0 Å². The largest absolute Gasteiger partial charge is 0.480 e. The predicted molar refractivity (Wildman–Crippen MR) is 70.8 cm³/mol. The molecule has 0 aromatic heterocycles. The molecule has 0 aromatic carbocycles. The molecule has 110 valence electrons. The van der Waals surface area contributed by atoms with E-state index < -0.39 is 24.1 Å². The number of carboxylic acids is 1. The van der Waals surface area contributed by atoms with Gasteiger partial charge >= 0.3 is 12.0 Å². The Hall–Kier alpha value is -1.30. The maximum atomic E-state index is 11.6. The van der Waals surface area contributed by atoms with Gasteiger partial charge in [0.15, 0.2) is 6.04 Å². The Bertz CT molecular complexity index is 320. The number of aliphatic hydroxyl groups is 1. The molecule has 4 atom stereocenters. The normalized spacial score (nSPS) is 26.3. The summed E-state index contributed by atoms with van der Waals surface area (Å²) in [4.78, 5) is 22.4. The molecule has 4 unspecified atom stereocenters. The number of carbonyl (C=O) groups is 2. The molecule has 0 heterocycles. The Balaban J connectivity index is 2.32. The Labute approximate surface area is 113 Å². The van der Waals surface area contributed by atoms with E-state index in [-0.39, 0.29) is 0 Å². The number of carboxylic acid groups (broad SMARTS) is 1. The van der Waals surface area contributed by atoms with Crippen LogP contribution in [0.15, 0.2) is 0 Å². The number of hydrogen-bond donors (Lipinski definition) is 4. The highest BCUT2D eigenvalue weighted by atomic mass is 16.4. The highest BCUT2D eigenvalue weighted by Crippen LogP contribution is 2.27. The van der Waals surface area contributed by atoms with Gasteiger partial charge in [-0.1, -0.05) is 19.8 Å². The average molecular weight is 272 g/mol.